The molecule has 6 heteroatoms. The maximum atomic E-state index is 13.0. The molecule has 3 rings (SSSR count). The van der Waals surface area contributed by atoms with Crippen molar-refractivity contribution in [3.05, 3.63) is 59.0 Å². The van der Waals surface area contributed by atoms with Gasteiger partial charge < -0.3 is 9.64 Å². The molecule has 0 spiro atoms. The van der Waals surface area contributed by atoms with Crippen LogP contribution >= 0.6 is 0 Å². The molecule has 1 unspecified atom stereocenters. The summed E-state index contributed by atoms with van der Waals surface area (Å²) in [7, 11) is 3.42. The number of carbonyl (C=O) groups excluding carboxylic acids is 1. The molecule has 0 aliphatic rings. The van der Waals surface area contributed by atoms with Gasteiger partial charge in [-0.05, 0) is 32.9 Å². The topological polar surface area (TPSA) is 59.7 Å². The lowest BCUT2D eigenvalue weighted by Gasteiger charge is -2.26. The fourth-order valence-corrected chi connectivity index (χ4v) is 3.01. The summed E-state index contributed by atoms with van der Waals surface area (Å²) < 4.78 is 7.12. The van der Waals surface area contributed by atoms with E-state index in [1.54, 1.807) is 29.8 Å². The summed E-state index contributed by atoms with van der Waals surface area (Å²) in [4.78, 5) is 19.2. The molecule has 2 aromatic heterocycles. The molecule has 1 aromatic carbocycles. The van der Waals surface area contributed by atoms with E-state index in [4.69, 9.17) is 4.74 Å². The van der Waals surface area contributed by atoms with Gasteiger partial charge in [-0.2, -0.15) is 5.10 Å². The second kappa shape index (κ2) is 6.55. The van der Waals surface area contributed by atoms with Crippen LogP contribution < -0.4 is 4.74 Å². The minimum atomic E-state index is -0.149. The normalized spacial score (nSPS) is 12.2. The lowest BCUT2D eigenvalue weighted by molar-refractivity contribution is 0.0743. The van der Waals surface area contributed by atoms with Gasteiger partial charge in [0.2, 0.25) is 0 Å². The molecule has 6 nitrogen and oxygen atoms in total. The summed E-state index contributed by atoms with van der Waals surface area (Å²) in [6.07, 6.45) is 1.59. The Morgan fingerprint density at radius 2 is 2.00 bits per heavy atom. The maximum Gasteiger partial charge on any atom is 0.259 e. The Labute approximate surface area is 147 Å². The lowest BCUT2D eigenvalue weighted by atomic mass is 10.1. The molecule has 3 aromatic rings. The molecule has 25 heavy (non-hydrogen) atoms. The van der Waals surface area contributed by atoms with Crippen LogP contribution in [-0.4, -0.2) is 39.6 Å². The average Bonchev–Trinajstić information content (AvgIpc) is 3.03. The molecule has 1 atom stereocenters. The first-order valence-corrected chi connectivity index (χ1v) is 8.16. The number of methoxy groups -OCH3 is 1. The molecule has 0 saturated heterocycles. The van der Waals surface area contributed by atoms with Gasteiger partial charge in [0.15, 0.2) is 5.65 Å². The molecule has 0 aliphatic carbocycles. The Morgan fingerprint density at radius 1 is 1.28 bits per heavy atom. The Balaban J connectivity index is 1.98. The smallest absolute Gasteiger partial charge is 0.259 e. The van der Waals surface area contributed by atoms with E-state index in [0.717, 1.165) is 22.7 Å². The summed E-state index contributed by atoms with van der Waals surface area (Å²) >= 11 is 0. The Hall–Kier alpha value is -2.89. The molecule has 0 bridgehead atoms. The number of benzene rings is 1. The van der Waals surface area contributed by atoms with E-state index in [2.05, 4.69) is 10.1 Å². The van der Waals surface area contributed by atoms with Gasteiger partial charge in [0.05, 0.1) is 19.3 Å². The van der Waals surface area contributed by atoms with Crippen molar-refractivity contribution < 1.29 is 9.53 Å². The van der Waals surface area contributed by atoms with Crippen molar-refractivity contribution in [1.82, 2.24) is 19.5 Å². The quantitative estimate of drug-likeness (QED) is 0.733. The highest BCUT2D eigenvalue weighted by atomic mass is 16.5. The Morgan fingerprint density at radius 3 is 2.72 bits per heavy atom. The molecule has 130 valence electrons. The van der Waals surface area contributed by atoms with E-state index in [-0.39, 0.29) is 11.9 Å². The van der Waals surface area contributed by atoms with E-state index in [1.165, 1.54) is 0 Å². The van der Waals surface area contributed by atoms with Gasteiger partial charge >= 0.3 is 0 Å². The first-order valence-electron chi connectivity index (χ1n) is 8.16. The second-order valence-electron chi connectivity index (χ2n) is 6.17. The number of amides is 1. The number of aromatic nitrogens is 3. The van der Waals surface area contributed by atoms with Crippen LogP contribution in [0.15, 0.2) is 36.5 Å². The molecular formula is C19H22N4O2. The van der Waals surface area contributed by atoms with Crippen LogP contribution in [0, 0.1) is 13.8 Å². The molecule has 0 saturated carbocycles. The number of aryl methyl sites for hydroxylation is 2. The number of hydrogen-bond donors (Lipinski definition) is 0. The van der Waals surface area contributed by atoms with Crippen LogP contribution in [0.1, 0.15) is 40.3 Å². The number of hydrogen-bond acceptors (Lipinski definition) is 4. The molecule has 1 amide bonds. The predicted molar refractivity (Wildman–Crippen MR) is 96.0 cm³/mol. The minimum Gasteiger partial charge on any atom is -0.496 e. The molecule has 0 N–H and O–H groups in total. The van der Waals surface area contributed by atoms with Crippen LogP contribution in [-0.2, 0) is 0 Å². The van der Waals surface area contributed by atoms with Gasteiger partial charge in [-0.3, -0.25) is 4.79 Å². The number of para-hydroxylation sites is 1. The van der Waals surface area contributed by atoms with Crippen molar-refractivity contribution in [3.63, 3.8) is 0 Å². The van der Waals surface area contributed by atoms with Gasteiger partial charge in [-0.1, -0.05) is 18.2 Å². The third kappa shape index (κ3) is 2.95. The van der Waals surface area contributed by atoms with Gasteiger partial charge in [-0.15, -0.1) is 0 Å². The van der Waals surface area contributed by atoms with Crippen LogP contribution in [0.3, 0.4) is 0 Å². The van der Waals surface area contributed by atoms with E-state index < -0.39 is 0 Å². The van der Waals surface area contributed by atoms with Crippen molar-refractivity contribution >= 4 is 11.6 Å². The van der Waals surface area contributed by atoms with Gasteiger partial charge in [-0.25, -0.2) is 9.50 Å². The summed E-state index contributed by atoms with van der Waals surface area (Å²) in [5.74, 6) is 0.644. The van der Waals surface area contributed by atoms with Crippen molar-refractivity contribution in [3.8, 4) is 5.75 Å². The zero-order valence-corrected chi connectivity index (χ0v) is 15.1. The molecular weight excluding hydrogens is 316 g/mol. The zero-order valence-electron chi connectivity index (χ0n) is 15.1. The van der Waals surface area contributed by atoms with Crippen molar-refractivity contribution in [2.75, 3.05) is 14.2 Å². The van der Waals surface area contributed by atoms with E-state index in [0.29, 0.717) is 11.2 Å². The largest absolute Gasteiger partial charge is 0.496 e. The summed E-state index contributed by atoms with van der Waals surface area (Å²) in [5.41, 5.74) is 3.84. The number of carbonyl (C=O) groups is 1. The minimum absolute atomic E-state index is 0.120. The predicted octanol–water partition coefficient (Wildman–Crippen LogP) is 3.19. The van der Waals surface area contributed by atoms with Gasteiger partial charge in [0.25, 0.3) is 5.91 Å². The molecule has 0 aliphatic heterocycles. The summed E-state index contributed by atoms with van der Waals surface area (Å²) in [6.45, 7) is 5.84. The summed E-state index contributed by atoms with van der Waals surface area (Å²) in [5, 5.41) is 4.31. The van der Waals surface area contributed by atoms with Gasteiger partial charge in [0.1, 0.15) is 11.3 Å². The number of nitrogens with zero attached hydrogens (tertiary/aromatic N) is 4. The number of ether oxygens (including phenoxy) is 1. The Kier molecular flexibility index (Phi) is 4.44. The van der Waals surface area contributed by atoms with Crippen LogP contribution in [0.4, 0.5) is 0 Å². The zero-order chi connectivity index (χ0) is 18.1. The second-order valence-corrected chi connectivity index (χ2v) is 6.17. The highest BCUT2D eigenvalue weighted by Crippen LogP contribution is 2.29. The fraction of sp³-hybridized carbons (Fsp3) is 0.316. The van der Waals surface area contributed by atoms with Gasteiger partial charge in [0, 0.05) is 24.0 Å². The molecule has 0 radical (unpaired) electrons. The van der Waals surface area contributed by atoms with Crippen molar-refractivity contribution in [2.24, 2.45) is 0 Å². The maximum absolute atomic E-state index is 13.0. The molecule has 0 fully saturated rings. The first-order chi connectivity index (χ1) is 11.9. The number of rotatable bonds is 4. The van der Waals surface area contributed by atoms with E-state index in [1.807, 2.05) is 51.1 Å². The lowest BCUT2D eigenvalue weighted by Crippen LogP contribution is -2.30. The van der Waals surface area contributed by atoms with E-state index in [9.17, 15) is 4.79 Å². The van der Waals surface area contributed by atoms with Crippen molar-refractivity contribution in [2.45, 2.75) is 26.8 Å². The highest BCUT2D eigenvalue weighted by Gasteiger charge is 2.24. The average molecular weight is 338 g/mol. The summed E-state index contributed by atoms with van der Waals surface area (Å²) in [6, 6.07) is 9.51. The Bertz CT molecular complexity index is 932. The van der Waals surface area contributed by atoms with Crippen molar-refractivity contribution in [1.29, 1.82) is 0 Å². The van der Waals surface area contributed by atoms with Crippen LogP contribution in [0.5, 0.6) is 5.75 Å². The SMILES string of the molecule is COc1ccccc1C(C)N(C)C(=O)c1cnn2c(C)cc(C)nc12. The highest BCUT2D eigenvalue weighted by molar-refractivity contribution is 5.99. The third-order valence-corrected chi connectivity index (χ3v) is 4.50. The standard InChI is InChI=1S/C19H22N4O2/c1-12-10-13(2)23-18(21-12)16(11-20-23)19(24)22(4)14(3)15-8-6-7-9-17(15)25-5/h6-11,14H,1-5H3. The third-order valence-electron chi connectivity index (χ3n) is 4.50. The van der Waals surface area contributed by atoms with E-state index >= 15 is 0 Å². The van der Waals surface area contributed by atoms with Crippen LogP contribution in [0.2, 0.25) is 0 Å². The number of fused-ring (bicyclic) bond motifs is 1. The first kappa shape index (κ1) is 17.0. The molecule has 2 heterocycles. The monoisotopic (exact) mass is 338 g/mol. The van der Waals surface area contributed by atoms with Crippen LogP contribution in [0.25, 0.3) is 5.65 Å². The fourth-order valence-electron chi connectivity index (χ4n) is 3.01.